The Labute approximate surface area is 94.1 Å². The average Bonchev–Trinajstić information content (AvgIpc) is 1.97. The van der Waals surface area contributed by atoms with Crippen molar-refractivity contribution in [2.24, 2.45) is 0 Å². The predicted octanol–water partition coefficient (Wildman–Crippen LogP) is 2.58. The van der Waals surface area contributed by atoms with Crippen molar-refractivity contribution in [1.29, 1.82) is 0 Å². The molecule has 0 aliphatic carbocycles. The van der Waals surface area contributed by atoms with Gasteiger partial charge in [-0.1, -0.05) is 11.6 Å². The molecule has 0 bridgehead atoms. The lowest BCUT2D eigenvalue weighted by molar-refractivity contribution is 0.491. The Morgan fingerprint density at radius 2 is 2.07 bits per heavy atom. The minimum absolute atomic E-state index is 0.0838. The molecule has 0 fully saturated rings. The van der Waals surface area contributed by atoms with E-state index in [1.165, 1.54) is 0 Å². The minimum atomic E-state index is -3.66. The van der Waals surface area contributed by atoms with Crippen LogP contribution in [0.4, 0.5) is 4.39 Å². The Bertz CT molecular complexity index is 460. The summed E-state index contributed by atoms with van der Waals surface area (Å²) >= 11 is 8.44. The quantitative estimate of drug-likeness (QED) is 0.623. The van der Waals surface area contributed by atoms with E-state index < -0.39 is 15.9 Å². The van der Waals surface area contributed by atoms with Crippen molar-refractivity contribution >= 4 is 37.6 Å². The van der Waals surface area contributed by atoms with E-state index in [1.807, 2.05) is 0 Å². The molecule has 0 N–H and O–H groups in total. The number of benzene rings is 1. The lowest BCUT2D eigenvalue weighted by atomic mass is 10.3. The topological polar surface area (TPSA) is 43.4 Å². The van der Waals surface area contributed by atoms with Crippen LogP contribution < -0.4 is 4.18 Å². The highest BCUT2D eigenvalue weighted by Crippen LogP contribution is 2.31. The molecule has 0 saturated carbocycles. The van der Waals surface area contributed by atoms with Gasteiger partial charge in [-0.2, -0.15) is 8.42 Å². The van der Waals surface area contributed by atoms with Gasteiger partial charge in [0.1, 0.15) is 5.82 Å². The summed E-state index contributed by atoms with van der Waals surface area (Å²) in [5.74, 6) is -0.696. The third-order valence-corrected chi connectivity index (χ3v) is 2.60. The van der Waals surface area contributed by atoms with E-state index in [1.54, 1.807) is 0 Å². The molecule has 0 radical (unpaired) electrons. The second kappa shape index (κ2) is 4.04. The van der Waals surface area contributed by atoms with E-state index in [2.05, 4.69) is 20.1 Å². The summed E-state index contributed by atoms with van der Waals surface area (Å²) in [6, 6.07) is 2.12. The van der Waals surface area contributed by atoms with Crippen LogP contribution >= 0.6 is 27.5 Å². The zero-order chi connectivity index (χ0) is 10.9. The Kier molecular flexibility index (Phi) is 3.39. The SMILES string of the molecule is CS(=O)(=O)Oc1cc(Br)c(F)cc1Cl. The second-order valence-corrected chi connectivity index (χ2v) is 5.32. The van der Waals surface area contributed by atoms with Crippen LogP contribution in [-0.4, -0.2) is 14.7 Å². The molecule has 0 amide bonds. The summed E-state index contributed by atoms with van der Waals surface area (Å²) in [6.07, 6.45) is 0.876. The largest absolute Gasteiger partial charge is 0.381 e. The highest BCUT2D eigenvalue weighted by molar-refractivity contribution is 9.10. The third-order valence-electron chi connectivity index (χ3n) is 1.22. The number of hydrogen-bond acceptors (Lipinski definition) is 3. The van der Waals surface area contributed by atoms with Crippen LogP contribution in [0.3, 0.4) is 0 Å². The van der Waals surface area contributed by atoms with Gasteiger partial charge in [-0.3, -0.25) is 0 Å². The van der Waals surface area contributed by atoms with Crippen molar-refractivity contribution in [2.45, 2.75) is 0 Å². The van der Waals surface area contributed by atoms with Gasteiger partial charge in [0.2, 0.25) is 0 Å². The van der Waals surface area contributed by atoms with Gasteiger partial charge in [0, 0.05) is 6.07 Å². The fourth-order valence-corrected chi connectivity index (χ4v) is 1.75. The molecule has 0 atom stereocenters. The molecule has 0 aliphatic rings. The first-order valence-electron chi connectivity index (χ1n) is 3.33. The first kappa shape index (κ1) is 11.7. The van der Waals surface area contributed by atoms with E-state index in [-0.39, 0.29) is 15.2 Å². The molecule has 0 aromatic heterocycles. The molecule has 14 heavy (non-hydrogen) atoms. The summed E-state index contributed by atoms with van der Waals surface area (Å²) in [6.45, 7) is 0. The second-order valence-electron chi connectivity index (χ2n) is 2.48. The van der Waals surface area contributed by atoms with Crippen LogP contribution in [0.25, 0.3) is 0 Å². The molecular weight excluding hydrogens is 298 g/mol. The molecular formula is C7H5BrClFO3S. The zero-order valence-electron chi connectivity index (χ0n) is 6.92. The molecule has 0 heterocycles. The molecule has 0 saturated heterocycles. The van der Waals surface area contributed by atoms with Crippen LogP contribution in [0.1, 0.15) is 0 Å². The summed E-state index contributed by atoms with van der Waals surface area (Å²) in [4.78, 5) is 0. The Morgan fingerprint density at radius 1 is 1.50 bits per heavy atom. The molecule has 3 nitrogen and oxygen atoms in total. The molecule has 0 aliphatic heterocycles. The van der Waals surface area contributed by atoms with Crippen LogP contribution in [0.15, 0.2) is 16.6 Å². The van der Waals surface area contributed by atoms with Crippen molar-refractivity contribution in [1.82, 2.24) is 0 Å². The van der Waals surface area contributed by atoms with Gasteiger partial charge in [-0.15, -0.1) is 0 Å². The van der Waals surface area contributed by atoms with E-state index in [0.29, 0.717) is 0 Å². The molecule has 0 spiro atoms. The zero-order valence-corrected chi connectivity index (χ0v) is 10.1. The number of hydrogen-bond donors (Lipinski definition) is 0. The van der Waals surface area contributed by atoms with E-state index in [9.17, 15) is 12.8 Å². The maximum atomic E-state index is 12.9. The summed E-state index contributed by atoms with van der Waals surface area (Å²) < 4.78 is 39.0. The van der Waals surface area contributed by atoms with Gasteiger partial charge in [-0.25, -0.2) is 4.39 Å². The molecule has 0 unspecified atom stereocenters. The highest BCUT2D eigenvalue weighted by Gasteiger charge is 2.12. The molecule has 7 heteroatoms. The summed E-state index contributed by atoms with van der Waals surface area (Å²) in [5, 5.41) is -0.101. The Balaban J connectivity index is 3.17. The Hall–Kier alpha value is -0.330. The van der Waals surface area contributed by atoms with Gasteiger partial charge in [0.15, 0.2) is 5.75 Å². The highest BCUT2D eigenvalue weighted by atomic mass is 79.9. The third kappa shape index (κ3) is 3.11. The van der Waals surface area contributed by atoms with Gasteiger partial charge >= 0.3 is 10.1 Å². The van der Waals surface area contributed by atoms with Gasteiger partial charge in [0.25, 0.3) is 0 Å². The maximum Gasteiger partial charge on any atom is 0.306 e. The van der Waals surface area contributed by atoms with Gasteiger partial charge < -0.3 is 4.18 Å². The van der Waals surface area contributed by atoms with Crippen LogP contribution in [-0.2, 0) is 10.1 Å². The number of halogens is 3. The van der Waals surface area contributed by atoms with E-state index in [4.69, 9.17) is 11.6 Å². The molecule has 1 aromatic rings. The van der Waals surface area contributed by atoms with Crippen molar-refractivity contribution < 1.29 is 17.0 Å². The molecule has 1 aromatic carbocycles. The average molecular weight is 304 g/mol. The lowest BCUT2D eigenvalue weighted by Gasteiger charge is -2.05. The lowest BCUT2D eigenvalue weighted by Crippen LogP contribution is -2.06. The maximum absolute atomic E-state index is 12.9. The van der Waals surface area contributed by atoms with Crippen molar-refractivity contribution in [3.8, 4) is 5.75 Å². The van der Waals surface area contributed by atoms with E-state index in [0.717, 1.165) is 18.4 Å². The van der Waals surface area contributed by atoms with Gasteiger partial charge in [-0.05, 0) is 22.0 Å². The summed E-state index contributed by atoms with van der Waals surface area (Å²) in [7, 11) is -3.66. The predicted molar refractivity (Wildman–Crippen MR) is 54.6 cm³/mol. The minimum Gasteiger partial charge on any atom is -0.381 e. The first-order chi connectivity index (χ1) is 6.29. The van der Waals surface area contributed by atoms with Crippen molar-refractivity contribution in [3.63, 3.8) is 0 Å². The van der Waals surface area contributed by atoms with Crippen LogP contribution in [0, 0.1) is 5.82 Å². The fourth-order valence-electron chi connectivity index (χ4n) is 0.731. The Morgan fingerprint density at radius 3 is 2.57 bits per heavy atom. The monoisotopic (exact) mass is 302 g/mol. The molecule has 1 rings (SSSR count). The van der Waals surface area contributed by atoms with E-state index >= 15 is 0 Å². The van der Waals surface area contributed by atoms with Gasteiger partial charge in [0.05, 0.1) is 15.8 Å². The molecule has 78 valence electrons. The standard InChI is InChI=1S/C7H5BrClFO3S/c1-14(11,12)13-7-2-4(8)6(10)3-5(7)9/h2-3H,1H3. The van der Waals surface area contributed by atoms with Crippen LogP contribution in [0.2, 0.25) is 5.02 Å². The fraction of sp³-hybridized carbons (Fsp3) is 0.143. The summed E-state index contributed by atoms with van der Waals surface area (Å²) in [5.41, 5.74) is 0. The van der Waals surface area contributed by atoms with Crippen molar-refractivity contribution in [2.75, 3.05) is 6.26 Å². The smallest absolute Gasteiger partial charge is 0.306 e. The van der Waals surface area contributed by atoms with Crippen molar-refractivity contribution in [3.05, 3.63) is 27.4 Å². The first-order valence-corrected chi connectivity index (χ1v) is 6.32. The normalized spacial score (nSPS) is 11.4. The van der Waals surface area contributed by atoms with Crippen LogP contribution in [0.5, 0.6) is 5.75 Å². The number of rotatable bonds is 2.